The van der Waals surface area contributed by atoms with Gasteiger partial charge in [0, 0.05) is 32.1 Å². The van der Waals surface area contributed by atoms with Crippen molar-refractivity contribution in [3.63, 3.8) is 0 Å². The fraction of sp³-hybridized carbons (Fsp3) is 0.500. The first kappa shape index (κ1) is 21.0. The monoisotopic (exact) mass is 398 g/mol. The van der Waals surface area contributed by atoms with Gasteiger partial charge in [-0.3, -0.25) is 14.2 Å². The molecule has 3 rings (SSSR count). The average molecular weight is 399 g/mol. The molecule has 7 nitrogen and oxygen atoms in total. The number of aromatic nitrogens is 2. The van der Waals surface area contributed by atoms with Gasteiger partial charge in [-0.1, -0.05) is 37.3 Å². The van der Waals surface area contributed by atoms with Crippen LogP contribution < -0.4 is 10.9 Å². The third-order valence-corrected chi connectivity index (χ3v) is 5.60. The molecule has 2 aromatic rings. The van der Waals surface area contributed by atoms with Crippen LogP contribution in [0.5, 0.6) is 0 Å². The number of aliphatic hydroxyl groups is 1. The van der Waals surface area contributed by atoms with Crippen LogP contribution in [0, 0.1) is 0 Å². The highest BCUT2D eigenvalue weighted by Gasteiger charge is 2.34. The number of carbonyl (C=O) groups is 1. The predicted octanol–water partition coefficient (Wildman–Crippen LogP) is 2.22. The van der Waals surface area contributed by atoms with Crippen LogP contribution in [0.1, 0.15) is 44.6 Å². The van der Waals surface area contributed by atoms with Crippen LogP contribution in [0.15, 0.2) is 47.5 Å². The van der Waals surface area contributed by atoms with Crippen molar-refractivity contribution >= 4 is 11.7 Å². The SMILES string of the molecule is CCNc1cc(=O)n(CC2(O)CCN(C(=O)C[C@@H](C)c3ccccc3)CC2)cn1. The first-order chi connectivity index (χ1) is 13.9. The van der Waals surface area contributed by atoms with Gasteiger partial charge in [0.1, 0.15) is 5.82 Å². The Bertz CT molecular complexity index is 873. The van der Waals surface area contributed by atoms with E-state index in [4.69, 9.17) is 0 Å². The molecule has 29 heavy (non-hydrogen) atoms. The summed E-state index contributed by atoms with van der Waals surface area (Å²) in [6.07, 6.45) is 2.81. The van der Waals surface area contributed by atoms with E-state index in [9.17, 15) is 14.7 Å². The summed E-state index contributed by atoms with van der Waals surface area (Å²) in [6.45, 7) is 5.86. The van der Waals surface area contributed by atoms with Gasteiger partial charge in [-0.25, -0.2) is 4.98 Å². The number of rotatable bonds is 7. The Morgan fingerprint density at radius 3 is 2.59 bits per heavy atom. The lowest BCUT2D eigenvalue weighted by molar-refractivity contribution is -0.136. The van der Waals surface area contributed by atoms with Gasteiger partial charge in [-0.05, 0) is 31.2 Å². The molecule has 1 saturated heterocycles. The molecule has 1 fully saturated rings. The minimum absolute atomic E-state index is 0.109. The highest BCUT2D eigenvalue weighted by molar-refractivity contribution is 5.77. The van der Waals surface area contributed by atoms with Crippen LogP contribution in [0.3, 0.4) is 0 Å². The van der Waals surface area contributed by atoms with E-state index in [1.54, 1.807) is 0 Å². The minimum atomic E-state index is -1.01. The van der Waals surface area contributed by atoms with Crippen LogP contribution in [0.4, 0.5) is 5.82 Å². The fourth-order valence-corrected chi connectivity index (χ4v) is 3.76. The fourth-order valence-electron chi connectivity index (χ4n) is 3.76. The molecule has 1 aliphatic heterocycles. The van der Waals surface area contributed by atoms with E-state index in [0.717, 1.165) is 5.56 Å². The van der Waals surface area contributed by atoms with Crippen LogP contribution in [0.25, 0.3) is 0 Å². The number of likely N-dealkylation sites (tertiary alicyclic amines) is 1. The van der Waals surface area contributed by atoms with Gasteiger partial charge in [-0.15, -0.1) is 0 Å². The summed E-state index contributed by atoms with van der Waals surface area (Å²) in [5.74, 6) is 0.801. The number of hydrogen-bond donors (Lipinski definition) is 2. The lowest BCUT2D eigenvalue weighted by Gasteiger charge is -2.38. The van der Waals surface area contributed by atoms with Crippen molar-refractivity contribution in [1.29, 1.82) is 0 Å². The first-order valence-electron chi connectivity index (χ1n) is 10.3. The van der Waals surface area contributed by atoms with Crippen LogP contribution in [-0.4, -0.2) is 50.7 Å². The van der Waals surface area contributed by atoms with Crippen molar-refractivity contribution in [2.24, 2.45) is 0 Å². The molecule has 0 saturated carbocycles. The molecule has 2 heterocycles. The summed E-state index contributed by atoms with van der Waals surface area (Å²) < 4.78 is 1.44. The lowest BCUT2D eigenvalue weighted by atomic mass is 9.90. The van der Waals surface area contributed by atoms with E-state index in [1.165, 1.54) is 17.0 Å². The second kappa shape index (κ2) is 9.22. The molecular formula is C22H30N4O3. The molecular weight excluding hydrogens is 368 g/mol. The van der Waals surface area contributed by atoms with Crippen molar-refractivity contribution in [3.8, 4) is 0 Å². The number of anilines is 1. The summed E-state index contributed by atoms with van der Waals surface area (Å²) in [7, 11) is 0. The Labute approximate surface area is 171 Å². The van der Waals surface area contributed by atoms with Gasteiger partial charge in [0.2, 0.25) is 5.91 Å². The highest BCUT2D eigenvalue weighted by Crippen LogP contribution is 2.26. The van der Waals surface area contributed by atoms with Crippen LogP contribution >= 0.6 is 0 Å². The first-order valence-corrected chi connectivity index (χ1v) is 10.3. The molecule has 2 N–H and O–H groups in total. The zero-order valence-corrected chi connectivity index (χ0v) is 17.2. The zero-order chi connectivity index (χ0) is 20.9. The maximum absolute atomic E-state index is 12.7. The molecule has 0 aliphatic carbocycles. The number of piperidine rings is 1. The molecule has 1 aromatic carbocycles. The van der Waals surface area contributed by atoms with Gasteiger partial charge < -0.3 is 15.3 Å². The normalized spacial score (nSPS) is 17.0. The van der Waals surface area contributed by atoms with Gasteiger partial charge in [0.15, 0.2) is 0 Å². The summed E-state index contributed by atoms with van der Waals surface area (Å²) in [6, 6.07) is 11.5. The molecule has 0 radical (unpaired) electrons. The number of carbonyl (C=O) groups excluding carboxylic acids is 1. The standard InChI is InChI=1S/C22H30N4O3/c1-3-23-19-14-21(28)26(16-24-19)15-22(29)9-11-25(12-10-22)20(27)13-17(2)18-7-5-4-6-8-18/h4-8,14,16-17,23,29H,3,9-13,15H2,1-2H3/t17-/m1/s1. The maximum Gasteiger partial charge on any atom is 0.255 e. The molecule has 0 bridgehead atoms. The Morgan fingerprint density at radius 2 is 1.97 bits per heavy atom. The smallest absolute Gasteiger partial charge is 0.255 e. The quantitative estimate of drug-likeness (QED) is 0.747. The largest absolute Gasteiger partial charge is 0.388 e. The van der Waals surface area contributed by atoms with E-state index in [2.05, 4.69) is 17.2 Å². The second-order valence-corrected chi connectivity index (χ2v) is 7.89. The van der Waals surface area contributed by atoms with Gasteiger partial charge in [-0.2, -0.15) is 0 Å². The lowest BCUT2D eigenvalue weighted by Crippen LogP contribution is -2.49. The van der Waals surface area contributed by atoms with E-state index < -0.39 is 5.60 Å². The van der Waals surface area contributed by atoms with E-state index >= 15 is 0 Å². The topological polar surface area (TPSA) is 87.5 Å². The highest BCUT2D eigenvalue weighted by atomic mass is 16.3. The van der Waals surface area contributed by atoms with Crippen molar-refractivity contribution in [3.05, 3.63) is 58.6 Å². The predicted molar refractivity (Wildman–Crippen MR) is 113 cm³/mol. The molecule has 0 spiro atoms. The van der Waals surface area contributed by atoms with E-state index in [1.807, 2.05) is 42.2 Å². The van der Waals surface area contributed by atoms with Gasteiger partial charge in [0.05, 0.1) is 18.5 Å². The molecule has 1 atom stereocenters. The second-order valence-electron chi connectivity index (χ2n) is 7.89. The summed E-state index contributed by atoms with van der Waals surface area (Å²) >= 11 is 0. The van der Waals surface area contributed by atoms with Crippen molar-refractivity contribution in [1.82, 2.24) is 14.5 Å². The molecule has 1 aromatic heterocycles. The van der Waals surface area contributed by atoms with Crippen molar-refractivity contribution in [2.75, 3.05) is 25.0 Å². The average Bonchev–Trinajstić information content (AvgIpc) is 2.71. The summed E-state index contributed by atoms with van der Waals surface area (Å²) in [4.78, 5) is 31.0. The number of amides is 1. The number of benzene rings is 1. The Hall–Kier alpha value is -2.67. The molecule has 0 unspecified atom stereocenters. The van der Waals surface area contributed by atoms with Crippen LogP contribution in [0.2, 0.25) is 0 Å². The molecule has 1 aliphatic rings. The van der Waals surface area contributed by atoms with Crippen molar-refractivity contribution in [2.45, 2.75) is 51.2 Å². The summed E-state index contributed by atoms with van der Waals surface area (Å²) in [5.41, 5.74) is -0.0469. The number of hydrogen-bond acceptors (Lipinski definition) is 5. The van der Waals surface area contributed by atoms with Gasteiger partial charge >= 0.3 is 0 Å². The Balaban J connectivity index is 1.55. The number of nitrogens with zero attached hydrogens (tertiary/aromatic N) is 3. The maximum atomic E-state index is 12.7. The number of nitrogens with one attached hydrogen (secondary N) is 1. The molecule has 7 heteroatoms. The molecule has 1 amide bonds. The zero-order valence-electron chi connectivity index (χ0n) is 17.2. The van der Waals surface area contributed by atoms with E-state index in [-0.39, 0.29) is 23.9 Å². The third-order valence-electron chi connectivity index (χ3n) is 5.60. The third kappa shape index (κ3) is 5.44. The van der Waals surface area contributed by atoms with Crippen LogP contribution in [-0.2, 0) is 11.3 Å². The van der Waals surface area contributed by atoms with Crippen molar-refractivity contribution < 1.29 is 9.90 Å². The minimum Gasteiger partial charge on any atom is -0.388 e. The Morgan fingerprint density at radius 1 is 1.28 bits per heavy atom. The van der Waals surface area contributed by atoms with E-state index in [0.29, 0.717) is 44.7 Å². The molecule has 156 valence electrons. The Kier molecular flexibility index (Phi) is 6.69. The summed E-state index contributed by atoms with van der Waals surface area (Å²) in [5, 5.41) is 13.9. The van der Waals surface area contributed by atoms with Gasteiger partial charge in [0.25, 0.3) is 5.56 Å².